The molecule has 1 aliphatic rings. The van der Waals surface area contributed by atoms with Gasteiger partial charge >= 0.3 is 0 Å². The molecule has 0 bridgehead atoms. The fourth-order valence-corrected chi connectivity index (χ4v) is 1.78. The highest BCUT2D eigenvalue weighted by atomic mass is 16.2. The topological polar surface area (TPSA) is 56.1 Å². The Bertz CT molecular complexity index is 434. The van der Waals surface area contributed by atoms with Gasteiger partial charge in [0.15, 0.2) is 0 Å². The van der Waals surface area contributed by atoms with Crippen LogP contribution in [0.2, 0.25) is 0 Å². The smallest absolute Gasteiger partial charge is 0.240 e. The van der Waals surface area contributed by atoms with Crippen LogP contribution in [0.4, 0.5) is 5.69 Å². The van der Waals surface area contributed by atoms with Crippen LogP contribution in [0.25, 0.3) is 0 Å². The van der Waals surface area contributed by atoms with Gasteiger partial charge in [-0.25, -0.2) is 0 Å². The first-order valence-corrected chi connectivity index (χ1v) is 6.27. The summed E-state index contributed by atoms with van der Waals surface area (Å²) in [5, 5.41) is 11.9. The van der Waals surface area contributed by atoms with Crippen molar-refractivity contribution >= 4 is 11.6 Å². The monoisotopic (exact) mass is 243 g/mol. The summed E-state index contributed by atoms with van der Waals surface area (Å²) in [6, 6.07) is 12.1. The fraction of sp³-hybridized carbons (Fsp3) is 0.429. The van der Waals surface area contributed by atoms with Crippen molar-refractivity contribution in [1.82, 2.24) is 5.32 Å². The van der Waals surface area contributed by atoms with Crippen LogP contribution in [-0.2, 0) is 4.79 Å². The van der Waals surface area contributed by atoms with Crippen molar-refractivity contribution < 1.29 is 4.79 Å². The van der Waals surface area contributed by atoms with Crippen LogP contribution < -0.4 is 10.2 Å². The lowest BCUT2D eigenvalue weighted by molar-refractivity contribution is -0.117. The number of benzene rings is 1. The highest BCUT2D eigenvalue weighted by Gasteiger charge is 2.23. The first-order valence-electron chi connectivity index (χ1n) is 6.27. The van der Waals surface area contributed by atoms with E-state index in [4.69, 9.17) is 5.26 Å². The molecule has 0 aromatic heterocycles. The first-order chi connectivity index (χ1) is 8.81. The molecule has 0 spiro atoms. The molecule has 1 fully saturated rings. The van der Waals surface area contributed by atoms with Gasteiger partial charge in [0.1, 0.15) is 0 Å². The minimum absolute atomic E-state index is 0.0309. The lowest BCUT2D eigenvalue weighted by atomic mass is 10.2. The van der Waals surface area contributed by atoms with E-state index in [0.717, 1.165) is 18.5 Å². The number of nitrogens with zero attached hydrogens (tertiary/aromatic N) is 2. The molecule has 1 N–H and O–H groups in total. The Morgan fingerprint density at radius 2 is 2.11 bits per heavy atom. The van der Waals surface area contributed by atoms with Gasteiger partial charge in [-0.3, -0.25) is 4.79 Å². The van der Waals surface area contributed by atoms with Gasteiger partial charge in [-0.2, -0.15) is 5.26 Å². The lowest BCUT2D eigenvalue weighted by Crippen LogP contribution is -2.39. The van der Waals surface area contributed by atoms with E-state index in [1.165, 1.54) is 0 Å². The Hall–Kier alpha value is -1.86. The summed E-state index contributed by atoms with van der Waals surface area (Å²) in [5.41, 5.74) is 0.857. The van der Waals surface area contributed by atoms with Gasteiger partial charge in [0.05, 0.1) is 19.0 Å². The van der Waals surface area contributed by atoms with E-state index >= 15 is 0 Å². The summed E-state index contributed by atoms with van der Waals surface area (Å²) < 4.78 is 0. The number of anilines is 1. The van der Waals surface area contributed by atoms with E-state index in [2.05, 4.69) is 11.4 Å². The van der Waals surface area contributed by atoms with Crippen LogP contribution in [0.5, 0.6) is 0 Å². The maximum absolute atomic E-state index is 12.1. The molecule has 1 aromatic rings. The fourth-order valence-electron chi connectivity index (χ4n) is 1.78. The van der Waals surface area contributed by atoms with E-state index in [0.29, 0.717) is 25.6 Å². The Morgan fingerprint density at radius 1 is 1.39 bits per heavy atom. The largest absolute Gasteiger partial charge is 0.310 e. The summed E-state index contributed by atoms with van der Waals surface area (Å²) in [6.07, 6.45) is 2.68. The van der Waals surface area contributed by atoms with Gasteiger partial charge in [-0.15, -0.1) is 0 Å². The van der Waals surface area contributed by atoms with E-state index in [1.807, 2.05) is 30.3 Å². The van der Waals surface area contributed by atoms with Crippen LogP contribution >= 0.6 is 0 Å². The molecule has 2 rings (SSSR count). The van der Waals surface area contributed by atoms with Gasteiger partial charge in [0.25, 0.3) is 0 Å². The van der Waals surface area contributed by atoms with E-state index < -0.39 is 0 Å². The number of carbonyl (C=O) groups is 1. The van der Waals surface area contributed by atoms with Crippen LogP contribution in [0.3, 0.4) is 0 Å². The predicted molar refractivity (Wildman–Crippen MR) is 70.0 cm³/mol. The number of nitriles is 1. The molecule has 0 radical (unpaired) electrons. The van der Waals surface area contributed by atoms with E-state index in [1.54, 1.807) is 4.90 Å². The van der Waals surface area contributed by atoms with Crippen molar-refractivity contribution in [3.63, 3.8) is 0 Å². The molecule has 0 unspecified atom stereocenters. The van der Waals surface area contributed by atoms with Crippen LogP contribution in [-0.4, -0.2) is 25.0 Å². The highest BCUT2D eigenvalue weighted by Crippen LogP contribution is 2.19. The summed E-state index contributed by atoms with van der Waals surface area (Å²) in [6.45, 7) is 0.802. The SMILES string of the molecule is N#CCCN(C(=O)CNC1CC1)c1ccccc1. The van der Waals surface area contributed by atoms with Crippen molar-refractivity contribution in [1.29, 1.82) is 5.26 Å². The molecule has 1 saturated carbocycles. The zero-order chi connectivity index (χ0) is 12.8. The molecule has 1 aromatic carbocycles. The molecule has 4 nitrogen and oxygen atoms in total. The minimum Gasteiger partial charge on any atom is -0.310 e. The number of amides is 1. The normalized spacial score (nSPS) is 13.9. The third kappa shape index (κ3) is 3.57. The Balaban J connectivity index is 1.99. The molecule has 0 heterocycles. The molecule has 1 aliphatic carbocycles. The summed E-state index contributed by atoms with van der Waals surface area (Å²) in [7, 11) is 0. The maximum Gasteiger partial charge on any atom is 0.240 e. The molecule has 4 heteroatoms. The van der Waals surface area contributed by atoms with Gasteiger partial charge in [0, 0.05) is 18.3 Å². The van der Waals surface area contributed by atoms with Crippen molar-refractivity contribution in [2.24, 2.45) is 0 Å². The number of carbonyl (C=O) groups excluding carboxylic acids is 1. The molecular formula is C14H17N3O. The average Bonchev–Trinajstić information content (AvgIpc) is 3.22. The van der Waals surface area contributed by atoms with Gasteiger partial charge < -0.3 is 10.2 Å². The number of rotatable bonds is 6. The van der Waals surface area contributed by atoms with E-state index in [9.17, 15) is 4.79 Å². The van der Waals surface area contributed by atoms with Crippen LogP contribution in [0, 0.1) is 11.3 Å². The molecule has 0 atom stereocenters. The minimum atomic E-state index is 0.0309. The number of hydrogen-bond acceptors (Lipinski definition) is 3. The van der Waals surface area contributed by atoms with Gasteiger partial charge in [-0.1, -0.05) is 18.2 Å². The van der Waals surface area contributed by atoms with Gasteiger partial charge in [0.2, 0.25) is 5.91 Å². The lowest BCUT2D eigenvalue weighted by Gasteiger charge is -2.22. The second-order valence-electron chi connectivity index (χ2n) is 4.44. The summed E-state index contributed by atoms with van der Waals surface area (Å²) in [5.74, 6) is 0.0309. The second kappa shape index (κ2) is 6.18. The summed E-state index contributed by atoms with van der Waals surface area (Å²) in [4.78, 5) is 13.8. The van der Waals surface area contributed by atoms with Crippen molar-refractivity contribution in [3.8, 4) is 6.07 Å². The second-order valence-corrected chi connectivity index (χ2v) is 4.44. The highest BCUT2D eigenvalue weighted by molar-refractivity contribution is 5.94. The molecule has 0 aliphatic heterocycles. The zero-order valence-corrected chi connectivity index (χ0v) is 10.3. The number of nitrogens with one attached hydrogen (secondary N) is 1. The number of hydrogen-bond donors (Lipinski definition) is 1. The third-order valence-corrected chi connectivity index (χ3v) is 2.94. The van der Waals surface area contributed by atoms with Crippen molar-refractivity contribution in [3.05, 3.63) is 30.3 Å². The molecule has 94 valence electrons. The summed E-state index contributed by atoms with van der Waals surface area (Å²) >= 11 is 0. The predicted octanol–water partition coefficient (Wildman–Crippen LogP) is 1.69. The molecule has 0 saturated heterocycles. The maximum atomic E-state index is 12.1. The Morgan fingerprint density at radius 3 is 2.72 bits per heavy atom. The molecular weight excluding hydrogens is 226 g/mol. The molecule has 1 amide bonds. The third-order valence-electron chi connectivity index (χ3n) is 2.94. The average molecular weight is 243 g/mol. The quantitative estimate of drug-likeness (QED) is 0.827. The zero-order valence-electron chi connectivity index (χ0n) is 10.3. The molecule has 18 heavy (non-hydrogen) atoms. The van der Waals surface area contributed by atoms with Crippen LogP contribution in [0.15, 0.2) is 30.3 Å². The van der Waals surface area contributed by atoms with Crippen LogP contribution in [0.1, 0.15) is 19.3 Å². The van der Waals surface area contributed by atoms with Crippen molar-refractivity contribution in [2.45, 2.75) is 25.3 Å². The van der Waals surface area contributed by atoms with Crippen molar-refractivity contribution in [2.75, 3.05) is 18.0 Å². The van der Waals surface area contributed by atoms with E-state index in [-0.39, 0.29) is 5.91 Å². The van der Waals surface area contributed by atoms with Gasteiger partial charge in [-0.05, 0) is 25.0 Å². The Kier molecular flexibility index (Phi) is 4.32. The number of para-hydroxylation sites is 1. The standard InChI is InChI=1S/C14H17N3O/c15-9-4-10-17(13-5-2-1-3-6-13)14(18)11-16-12-7-8-12/h1-3,5-6,12,16H,4,7-8,10-11H2. The first kappa shape index (κ1) is 12.6. The Labute approximate surface area is 107 Å².